The molecule has 3 fully saturated rings. The predicted molar refractivity (Wildman–Crippen MR) is 190 cm³/mol. The second kappa shape index (κ2) is 14.8. The third-order valence-corrected chi connectivity index (χ3v) is 11.6. The summed E-state index contributed by atoms with van der Waals surface area (Å²) in [4.78, 5) is 74.4. The van der Waals surface area contributed by atoms with E-state index in [0.717, 1.165) is 17.0 Å². The SMILES string of the molecule is C=CC(=O)N(C)C[C@@H]1NC(=O)OCCCC=Cc2ccc3ccnc(c3c2)OC2C[C@@H](C(=O)N[C@]3(C(=O)NS(=O)(=O)C4CC4)C[C@H]3C=C)N(C2)C1=O. The van der Waals surface area contributed by atoms with Gasteiger partial charge in [0, 0.05) is 31.0 Å². The molecule has 1 saturated heterocycles. The highest BCUT2D eigenvalue weighted by Crippen LogP contribution is 2.45. The van der Waals surface area contributed by atoms with E-state index in [4.69, 9.17) is 9.47 Å². The number of cyclic esters (lactones) is 1. The first-order valence-corrected chi connectivity index (χ1v) is 18.7. The molecule has 2 aromatic rings. The van der Waals surface area contributed by atoms with E-state index in [-0.39, 0.29) is 38.4 Å². The van der Waals surface area contributed by atoms with Gasteiger partial charge < -0.3 is 29.9 Å². The maximum absolute atomic E-state index is 14.4. The minimum Gasteiger partial charge on any atom is -0.472 e. The van der Waals surface area contributed by atoms with Gasteiger partial charge in [-0.2, -0.15) is 0 Å². The largest absolute Gasteiger partial charge is 0.472 e. The number of carbonyl (C=O) groups excluding carboxylic acids is 5. The van der Waals surface area contributed by atoms with Crippen LogP contribution in [-0.4, -0.2) is 109 Å². The zero-order valence-electron chi connectivity index (χ0n) is 28.8. The number of benzene rings is 1. The van der Waals surface area contributed by atoms with E-state index in [1.807, 2.05) is 36.4 Å². The van der Waals surface area contributed by atoms with Gasteiger partial charge in [0.2, 0.25) is 33.6 Å². The van der Waals surface area contributed by atoms with Gasteiger partial charge in [-0.25, -0.2) is 18.2 Å². The molecule has 5 amide bonds. The molecule has 276 valence electrons. The molecule has 2 aliphatic carbocycles. The van der Waals surface area contributed by atoms with Crippen molar-refractivity contribution in [1.29, 1.82) is 0 Å². The summed E-state index contributed by atoms with van der Waals surface area (Å²) in [5.41, 5.74) is -0.708. The van der Waals surface area contributed by atoms with Crippen molar-refractivity contribution in [3.05, 3.63) is 67.4 Å². The lowest BCUT2D eigenvalue weighted by Gasteiger charge is -2.31. The fourth-order valence-corrected chi connectivity index (χ4v) is 7.95. The van der Waals surface area contributed by atoms with Crippen molar-refractivity contribution < 1.29 is 41.9 Å². The number of ether oxygens (including phenoxy) is 2. The Morgan fingerprint density at radius 3 is 2.69 bits per heavy atom. The molecule has 6 rings (SSSR count). The third kappa shape index (κ3) is 7.81. The lowest BCUT2D eigenvalue weighted by atomic mass is 10.1. The number of nitrogens with zero attached hydrogens (tertiary/aromatic N) is 3. The van der Waals surface area contributed by atoms with Crippen molar-refractivity contribution in [3.63, 3.8) is 0 Å². The number of rotatable bonds is 9. The van der Waals surface area contributed by atoms with Crippen LogP contribution in [0.3, 0.4) is 0 Å². The van der Waals surface area contributed by atoms with Crippen molar-refractivity contribution in [3.8, 4) is 5.88 Å². The Bertz CT molecular complexity index is 1950. The molecule has 4 aliphatic rings. The first kappa shape index (κ1) is 36.5. The highest BCUT2D eigenvalue weighted by atomic mass is 32.2. The summed E-state index contributed by atoms with van der Waals surface area (Å²) < 4.78 is 39.2. The number of hydrogen-bond acceptors (Lipinski definition) is 10. The van der Waals surface area contributed by atoms with Gasteiger partial charge in [0.15, 0.2) is 0 Å². The molecule has 1 unspecified atom stereocenters. The minimum absolute atomic E-state index is 0.0370. The van der Waals surface area contributed by atoms with Crippen LogP contribution >= 0.6 is 0 Å². The molecule has 2 aliphatic heterocycles. The number of likely N-dealkylation sites (N-methyl/N-ethyl adjacent to an activating group) is 1. The first-order chi connectivity index (χ1) is 24.8. The summed E-state index contributed by atoms with van der Waals surface area (Å²) in [5, 5.41) is 6.21. The molecule has 3 heterocycles. The fourth-order valence-electron chi connectivity index (χ4n) is 6.58. The fraction of sp³-hybridized carbons (Fsp3) is 0.444. The van der Waals surface area contributed by atoms with Gasteiger partial charge in [-0.15, -0.1) is 6.58 Å². The average Bonchev–Trinajstić information content (AvgIpc) is 4.05. The number of allylic oxidation sites excluding steroid dienone is 1. The molecular weight excluding hydrogens is 692 g/mol. The zero-order chi connectivity index (χ0) is 37.2. The smallest absolute Gasteiger partial charge is 0.407 e. The highest BCUT2D eigenvalue weighted by molar-refractivity contribution is 7.91. The molecular formula is C36H42N6O9S. The number of nitrogens with one attached hydrogen (secondary N) is 3. The normalized spacial score (nSPS) is 26.2. The Hall–Kier alpha value is -5.25. The van der Waals surface area contributed by atoms with Crippen molar-refractivity contribution in [2.75, 3.05) is 26.7 Å². The number of alkyl carbamates (subject to hydrolysis) is 1. The van der Waals surface area contributed by atoms with E-state index in [2.05, 4.69) is 33.5 Å². The van der Waals surface area contributed by atoms with Gasteiger partial charge in [0.05, 0.1) is 24.9 Å². The van der Waals surface area contributed by atoms with Crippen LogP contribution in [0.5, 0.6) is 5.88 Å². The Kier molecular flexibility index (Phi) is 10.4. The Balaban J connectivity index is 1.34. The number of fused-ring (bicyclic) bond motifs is 3. The number of aromatic nitrogens is 1. The molecule has 5 atom stereocenters. The second-order valence-electron chi connectivity index (χ2n) is 13.6. The molecule has 16 heteroatoms. The van der Waals surface area contributed by atoms with Crippen LogP contribution in [0.1, 0.15) is 44.1 Å². The maximum atomic E-state index is 14.4. The molecule has 1 aromatic heterocycles. The van der Waals surface area contributed by atoms with Crippen molar-refractivity contribution in [1.82, 2.24) is 30.1 Å². The first-order valence-electron chi connectivity index (χ1n) is 17.2. The van der Waals surface area contributed by atoms with Crippen LogP contribution < -0.4 is 20.1 Å². The zero-order valence-corrected chi connectivity index (χ0v) is 29.6. The number of hydrogen-bond donors (Lipinski definition) is 3. The van der Waals surface area contributed by atoms with Crippen LogP contribution in [0.15, 0.2) is 61.8 Å². The third-order valence-electron chi connectivity index (χ3n) is 9.79. The second-order valence-corrected chi connectivity index (χ2v) is 15.5. The summed E-state index contributed by atoms with van der Waals surface area (Å²) >= 11 is 0. The van der Waals surface area contributed by atoms with E-state index in [1.54, 1.807) is 6.20 Å². The molecule has 0 radical (unpaired) electrons. The highest BCUT2D eigenvalue weighted by Gasteiger charge is 2.62. The molecule has 52 heavy (non-hydrogen) atoms. The van der Waals surface area contributed by atoms with Crippen LogP contribution in [0.4, 0.5) is 4.79 Å². The molecule has 2 saturated carbocycles. The monoisotopic (exact) mass is 734 g/mol. The summed E-state index contributed by atoms with van der Waals surface area (Å²) in [6.45, 7) is 6.88. The number of sulfonamides is 1. The molecule has 0 spiro atoms. The molecule has 4 bridgehead atoms. The Morgan fingerprint density at radius 1 is 1.19 bits per heavy atom. The van der Waals surface area contributed by atoms with E-state index >= 15 is 0 Å². The van der Waals surface area contributed by atoms with Gasteiger partial charge in [-0.1, -0.05) is 36.9 Å². The molecule has 15 nitrogen and oxygen atoms in total. The van der Waals surface area contributed by atoms with Gasteiger partial charge in [-0.05, 0) is 61.3 Å². The average molecular weight is 735 g/mol. The van der Waals surface area contributed by atoms with Gasteiger partial charge in [0.1, 0.15) is 23.7 Å². The van der Waals surface area contributed by atoms with Crippen molar-refractivity contribution >= 4 is 56.6 Å². The Morgan fingerprint density at radius 2 is 1.98 bits per heavy atom. The van der Waals surface area contributed by atoms with Gasteiger partial charge >= 0.3 is 6.09 Å². The van der Waals surface area contributed by atoms with E-state index in [1.165, 1.54) is 22.9 Å². The van der Waals surface area contributed by atoms with E-state index in [0.29, 0.717) is 31.1 Å². The minimum atomic E-state index is -3.93. The van der Waals surface area contributed by atoms with Gasteiger partial charge in [0.25, 0.3) is 5.91 Å². The molecule has 1 aromatic carbocycles. The lowest BCUT2D eigenvalue weighted by Crippen LogP contribution is -2.59. The Labute approximate surface area is 301 Å². The van der Waals surface area contributed by atoms with E-state index in [9.17, 15) is 32.4 Å². The quantitative estimate of drug-likeness (QED) is 0.253. The summed E-state index contributed by atoms with van der Waals surface area (Å²) in [6, 6.07) is 5.06. The van der Waals surface area contributed by atoms with Crippen molar-refractivity contribution in [2.24, 2.45) is 5.92 Å². The van der Waals surface area contributed by atoms with Crippen molar-refractivity contribution in [2.45, 2.75) is 67.5 Å². The van der Waals surface area contributed by atoms with Crippen LogP contribution in [-0.2, 0) is 33.9 Å². The number of pyridine rings is 1. The van der Waals surface area contributed by atoms with Gasteiger partial charge in [-0.3, -0.25) is 23.9 Å². The number of carbonyl (C=O) groups is 5. The van der Waals surface area contributed by atoms with E-state index < -0.39 is 74.6 Å². The summed E-state index contributed by atoms with van der Waals surface area (Å²) in [7, 11) is -2.49. The van der Waals surface area contributed by atoms with Crippen LogP contribution in [0, 0.1) is 5.92 Å². The lowest BCUT2D eigenvalue weighted by molar-refractivity contribution is -0.141. The summed E-state index contributed by atoms with van der Waals surface area (Å²) in [5.74, 6) is -3.10. The predicted octanol–water partition coefficient (Wildman–Crippen LogP) is 1.80. The topological polar surface area (TPSA) is 193 Å². The number of amides is 5. The summed E-state index contributed by atoms with van der Waals surface area (Å²) in [6.07, 6.45) is 8.41. The maximum Gasteiger partial charge on any atom is 0.407 e. The van der Waals surface area contributed by atoms with Crippen LogP contribution in [0.2, 0.25) is 0 Å². The molecule has 3 N–H and O–H groups in total. The standard InChI is InChI=1S/C36H42N6O9S/c1-4-24-19-36(24,34(46)40-52(48,49)26-12-13-26)39-31(44)29-18-25-20-42(29)33(45)28(21-41(3)30(43)5-2)38-35(47)50-16-8-6-7-9-22-10-11-23-14-15-37-32(51-25)27(23)17-22/h4-5,7,9-11,14-15,17,24-26,28-29H,1-2,6,8,12-13,16,18-21H2,3H3,(H,38,47)(H,39,44)(H,40,46)/t24-,25?,28+,29+,36-/m1/s1. The van der Waals surface area contributed by atoms with Crippen LogP contribution in [0.25, 0.3) is 16.8 Å².